The lowest BCUT2D eigenvalue weighted by Gasteiger charge is -2.29. The number of halogens is 1. The summed E-state index contributed by atoms with van der Waals surface area (Å²) in [7, 11) is 3.11. The van der Waals surface area contributed by atoms with Crippen LogP contribution >= 0.6 is 0 Å². The van der Waals surface area contributed by atoms with Gasteiger partial charge in [0.15, 0.2) is 17.2 Å². The van der Waals surface area contributed by atoms with E-state index in [0.717, 1.165) is 39.8 Å². The molecular formula is C26H29FN4O4. The number of rotatable bonds is 7. The third kappa shape index (κ3) is 3.83. The molecule has 3 heterocycles. The van der Waals surface area contributed by atoms with Crippen molar-refractivity contribution in [2.24, 2.45) is 5.92 Å². The summed E-state index contributed by atoms with van der Waals surface area (Å²) in [6, 6.07) is 6.82. The predicted molar refractivity (Wildman–Crippen MR) is 130 cm³/mol. The summed E-state index contributed by atoms with van der Waals surface area (Å²) in [6.07, 6.45) is 3.63. The van der Waals surface area contributed by atoms with Gasteiger partial charge in [-0.2, -0.15) is 5.10 Å². The number of carbonyl (C=O) groups is 1. The van der Waals surface area contributed by atoms with Crippen molar-refractivity contribution >= 4 is 28.0 Å². The third-order valence-corrected chi connectivity index (χ3v) is 7.11. The van der Waals surface area contributed by atoms with Gasteiger partial charge in [0.2, 0.25) is 0 Å². The first-order valence-electron chi connectivity index (χ1n) is 11.7. The smallest absolute Gasteiger partial charge is 0.306 e. The summed E-state index contributed by atoms with van der Waals surface area (Å²) in [6.45, 7) is 4.63. The Morgan fingerprint density at radius 2 is 2.09 bits per heavy atom. The summed E-state index contributed by atoms with van der Waals surface area (Å²) in [4.78, 5) is 16.8. The molecule has 4 aromatic rings. The van der Waals surface area contributed by atoms with Crippen LogP contribution in [-0.4, -0.2) is 51.7 Å². The van der Waals surface area contributed by atoms with Crippen molar-refractivity contribution < 1.29 is 23.8 Å². The van der Waals surface area contributed by atoms with E-state index in [1.807, 2.05) is 6.07 Å². The first kappa shape index (κ1) is 23.3. The lowest BCUT2D eigenvalue weighted by Crippen LogP contribution is -2.28. The second-order valence-corrected chi connectivity index (χ2v) is 9.94. The summed E-state index contributed by atoms with van der Waals surface area (Å²) in [5.74, 6) is -1.44. The normalized spacial score (nSPS) is 18.5. The molecule has 1 unspecified atom stereocenters. The molecular weight excluding hydrogens is 451 g/mol. The molecule has 3 aromatic heterocycles. The van der Waals surface area contributed by atoms with Gasteiger partial charge < -0.3 is 19.1 Å². The van der Waals surface area contributed by atoms with Crippen LogP contribution in [0, 0.1) is 11.7 Å². The molecule has 0 aliphatic heterocycles. The van der Waals surface area contributed by atoms with Gasteiger partial charge in [-0.25, -0.2) is 9.37 Å². The molecule has 0 radical (unpaired) electrons. The Hall–Kier alpha value is -3.46. The van der Waals surface area contributed by atoms with Crippen molar-refractivity contribution in [3.63, 3.8) is 0 Å². The number of pyridine rings is 1. The first-order chi connectivity index (χ1) is 16.7. The largest absolute Gasteiger partial charge is 0.494 e. The number of methoxy groups -OCH3 is 2. The second-order valence-electron chi connectivity index (χ2n) is 9.94. The molecule has 1 aliphatic rings. The minimum absolute atomic E-state index is 0.0150. The van der Waals surface area contributed by atoms with E-state index in [2.05, 4.69) is 28.6 Å². The lowest BCUT2D eigenvalue weighted by atomic mass is 9.82. The molecule has 1 aliphatic carbocycles. The number of hydrogen-bond donors (Lipinski definition) is 2. The Bertz CT molecular complexity index is 1420. The minimum Gasteiger partial charge on any atom is -0.494 e. The zero-order valence-electron chi connectivity index (χ0n) is 20.3. The summed E-state index contributed by atoms with van der Waals surface area (Å²) < 4.78 is 27.4. The van der Waals surface area contributed by atoms with Crippen LogP contribution in [0.15, 0.2) is 30.5 Å². The molecule has 0 amide bonds. The van der Waals surface area contributed by atoms with E-state index in [4.69, 9.17) is 14.5 Å². The van der Waals surface area contributed by atoms with Crippen LogP contribution in [-0.2, 0) is 14.9 Å². The number of fused-ring (bicyclic) bond motifs is 2. The third-order valence-electron chi connectivity index (χ3n) is 7.11. The average Bonchev–Trinajstić information content (AvgIpc) is 3.54. The Labute approximate surface area is 202 Å². The summed E-state index contributed by atoms with van der Waals surface area (Å²) >= 11 is 0. The van der Waals surface area contributed by atoms with E-state index in [0.29, 0.717) is 25.1 Å². The number of benzene rings is 1. The van der Waals surface area contributed by atoms with Crippen LogP contribution in [0.5, 0.6) is 5.75 Å². The standard InChI is InChI=1S/C26H29FN4O4/c1-26(2,13-34-3)23-21(14-5-6-15(9-14)25(32)33)22-19(10-16-12-28-30-24(16)29-22)31(23)17-7-8-18(27)20(11-17)35-4/h7-8,10-12,14-15H,5-6,9,13H2,1-4H3,(H,32,33)(H,28,29,30)/t14-,15?/m1/s1. The fraction of sp³-hybridized carbons (Fsp3) is 0.423. The van der Waals surface area contributed by atoms with E-state index in [1.54, 1.807) is 25.4 Å². The van der Waals surface area contributed by atoms with E-state index in [1.165, 1.54) is 13.2 Å². The van der Waals surface area contributed by atoms with E-state index in [9.17, 15) is 14.3 Å². The van der Waals surface area contributed by atoms with Crippen LogP contribution < -0.4 is 4.74 Å². The highest BCUT2D eigenvalue weighted by Gasteiger charge is 2.39. The number of nitrogens with zero attached hydrogens (tertiary/aromatic N) is 3. The number of aromatic amines is 1. The van der Waals surface area contributed by atoms with Crippen LogP contribution in [0.25, 0.3) is 27.8 Å². The van der Waals surface area contributed by atoms with Crippen LogP contribution in [0.2, 0.25) is 0 Å². The van der Waals surface area contributed by atoms with Gasteiger partial charge in [-0.1, -0.05) is 13.8 Å². The maximum atomic E-state index is 14.4. The highest BCUT2D eigenvalue weighted by atomic mass is 19.1. The number of aromatic nitrogens is 4. The van der Waals surface area contributed by atoms with E-state index < -0.39 is 23.1 Å². The number of ether oxygens (including phenoxy) is 2. The average molecular weight is 481 g/mol. The number of carboxylic acids is 1. The van der Waals surface area contributed by atoms with Gasteiger partial charge in [0.05, 0.1) is 36.9 Å². The molecule has 5 rings (SSSR count). The molecule has 0 bridgehead atoms. The first-order valence-corrected chi connectivity index (χ1v) is 11.7. The van der Waals surface area contributed by atoms with Crippen molar-refractivity contribution in [2.45, 2.75) is 44.4 Å². The highest BCUT2D eigenvalue weighted by molar-refractivity contribution is 5.94. The van der Waals surface area contributed by atoms with Gasteiger partial charge in [0.25, 0.3) is 0 Å². The Morgan fingerprint density at radius 3 is 2.77 bits per heavy atom. The molecule has 1 fully saturated rings. The molecule has 184 valence electrons. The molecule has 2 atom stereocenters. The molecule has 0 spiro atoms. The number of hydrogen-bond acceptors (Lipinski definition) is 5. The van der Waals surface area contributed by atoms with Gasteiger partial charge in [0.1, 0.15) is 0 Å². The van der Waals surface area contributed by atoms with Crippen molar-refractivity contribution in [1.82, 2.24) is 19.7 Å². The number of carboxylic acid groups (broad SMARTS) is 1. The van der Waals surface area contributed by atoms with Gasteiger partial charge >= 0.3 is 5.97 Å². The molecule has 0 saturated heterocycles. The van der Waals surface area contributed by atoms with E-state index in [-0.39, 0.29) is 11.7 Å². The molecule has 1 saturated carbocycles. The zero-order valence-corrected chi connectivity index (χ0v) is 20.3. The Kier molecular flexibility index (Phi) is 5.75. The molecule has 8 nitrogen and oxygen atoms in total. The zero-order chi connectivity index (χ0) is 24.9. The summed E-state index contributed by atoms with van der Waals surface area (Å²) in [5, 5.41) is 17.6. The molecule has 35 heavy (non-hydrogen) atoms. The predicted octanol–water partition coefficient (Wildman–Crippen LogP) is 4.94. The molecule has 9 heteroatoms. The number of aliphatic carboxylic acids is 1. The molecule has 2 N–H and O–H groups in total. The maximum absolute atomic E-state index is 14.4. The quantitative estimate of drug-likeness (QED) is 0.388. The Balaban J connectivity index is 1.87. The van der Waals surface area contributed by atoms with Crippen molar-refractivity contribution in [3.8, 4) is 11.4 Å². The monoisotopic (exact) mass is 480 g/mol. The number of H-pyrrole nitrogens is 1. The fourth-order valence-corrected chi connectivity index (χ4v) is 5.60. The van der Waals surface area contributed by atoms with Crippen LogP contribution in [0.3, 0.4) is 0 Å². The SMILES string of the molecule is COCC(C)(C)c1c([C@@H]2CCC(C(=O)O)C2)c2nc3[nH]ncc3cc2n1-c1ccc(F)c(OC)c1. The highest BCUT2D eigenvalue weighted by Crippen LogP contribution is 2.47. The summed E-state index contributed by atoms with van der Waals surface area (Å²) in [5.41, 5.74) is 4.57. The maximum Gasteiger partial charge on any atom is 0.306 e. The van der Waals surface area contributed by atoms with Gasteiger partial charge in [-0.15, -0.1) is 0 Å². The van der Waals surface area contributed by atoms with Crippen molar-refractivity contribution in [1.29, 1.82) is 0 Å². The minimum atomic E-state index is -0.763. The Morgan fingerprint density at radius 1 is 1.29 bits per heavy atom. The number of nitrogens with one attached hydrogen (secondary N) is 1. The van der Waals surface area contributed by atoms with Crippen molar-refractivity contribution in [3.05, 3.63) is 47.5 Å². The fourth-order valence-electron chi connectivity index (χ4n) is 5.60. The van der Waals surface area contributed by atoms with Crippen LogP contribution in [0.1, 0.15) is 50.3 Å². The molecule has 1 aromatic carbocycles. The van der Waals surface area contributed by atoms with Crippen molar-refractivity contribution in [2.75, 3.05) is 20.8 Å². The van der Waals surface area contributed by atoms with Crippen LogP contribution in [0.4, 0.5) is 4.39 Å². The lowest BCUT2D eigenvalue weighted by molar-refractivity contribution is -0.141. The second kappa shape index (κ2) is 8.64. The van der Waals surface area contributed by atoms with Gasteiger partial charge in [0, 0.05) is 40.9 Å². The van der Waals surface area contributed by atoms with E-state index >= 15 is 0 Å². The van der Waals surface area contributed by atoms with Gasteiger partial charge in [-0.3, -0.25) is 9.89 Å². The van der Waals surface area contributed by atoms with Gasteiger partial charge in [-0.05, 0) is 43.4 Å². The topological polar surface area (TPSA) is 102 Å².